The molecule has 0 atom stereocenters. The molecule has 128 valence electrons. The fourth-order valence-electron chi connectivity index (χ4n) is 2.26. The van der Waals surface area contributed by atoms with Gasteiger partial charge in [0.05, 0.1) is 9.78 Å². The lowest BCUT2D eigenvalue weighted by atomic mass is 10.0. The van der Waals surface area contributed by atoms with Crippen LogP contribution < -0.4 is 5.43 Å². The minimum Gasteiger partial charge on any atom is -0.266 e. The molecule has 0 radical (unpaired) electrons. The Morgan fingerprint density at radius 2 is 1.96 bits per heavy atom. The maximum absolute atomic E-state index is 12.5. The molecule has 0 unspecified atom stereocenters. The van der Waals surface area contributed by atoms with E-state index in [9.17, 15) is 9.59 Å². The molecule has 2 heterocycles. The lowest BCUT2D eigenvalue weighted by Crippen LogP contribution is -2.44. The monoisotopic (exact) mass is 388 g/mol. The molecule has 1 saturated heterocycles. The molecular weight excluding hydrogens is 372 g/mol. The first kappa shape index (κ1) is 17.8. The lowest BCUT2D eigenvalue weighted by Gasteiger charge is -2.14. The number of thiocarbonyl (C=S) groups is 1. The molecule has 4 nitrogen and oxygen atoms in total. The van der Waals surface area contributed by atoms with Crippen molar-refractivity contribution < 1.29 is 9.59 Å². The lowest BCUT2D eigenvalue weighted by molar-refractivity contribution is -0.123. The Morgan fingerprint density at radius 1 is 1.24 bits per heavy atom. The van der Waals surface area contributed by atoms with Crippen LogP contribution in [0.2, 0.25) is 0 Å². The van der Waals surface area contributed by atoms with Crippen molar-refractivity contribution in [1.29, 1.82) is 0 Å². The number of benzene rings is 1. The SMILES string of the molecule is CC(C)c1ccc(/C=C2\SC(=S)N(NC(=O)c3cccs3)C2=O)cc1. The maximum atomic E-state index is 12.5. The smallest absolute Gasteiger partial charge is 0.266 e. The second kappa shape index (κ2) is 7.51. The van der Waals surface area contributed by atoms with E-state index >= 15 is 0 Å². The zero-order valence-electron chi connectivity index (χ0n) is 13.7. The van der Waals surface area contributed by atoms with Crippen LogP contribution in [0.3, 0.4) is 0 Å². The van der Waals surface area contributed by atoms with E-state index in [1.807, 2.05) is 12.1 Å². The molecule has 3 rings (SSSR count). The van der Waals surface area contributed by atoms with Gasteiger partial charge >= 0.3 is 0 Å². The van der Waals surface area contributed by atoms with Crippen LogP contribution in [-0.4, -0.2) is 21.1 Å². The highest BCUT2D eigenvalue weighted by molar-refractivity contribution is 8.26. The first-order valence-corrected chi connectivity index (χ1v) is 9.78. The Labute approximate surface area is 159 Å². The van der Waals surface area contributed by atoms with Crippen molar-refractivity contribution in [3.05, 3.63) is 62.7 Å². The Morgan fingerprint density at radius 3 is 2.56 bits per heavy atom. The first-order valence-electron chi connectivity index (χ1n) is 7.68. The average Bonchev–Trinajstić information content (AvgIpc) is 3.20. The molecule has 25 heavy (non-hydrogen) atoms. The largest absolute Gasteiger partial charge is 0.285 e. The second-order valence-corrected chi connectivity index (χ2v) is 8.38. The Bertz CT molecular complexity index is 840. The third kappa shape index (κ3) is 4.00. The number of hydrogen-bond donors (Lipinski definition) is 1. The molecule has 1 aromatic carbocycles. The Balaban J connectivity index is 1.75. The summed E-state index contributed by atoms with van der Waals surface area (Å²) in [7, 11) is 0. The van der Waals surface area contributed by atoms with E-state index in [0.717, 1.165) is 10.6 Å². The molecule has 1 aliphatic rings. The molecule has 1 fully saturated rings. The number of hydrogen-bond acceptors (Lipinski definition) is 5. The van der Waals surface area contributed by atoms with Crippen LogP contribution in [-0.2, 0) is 4.79 Å². The van der Waals surface area contributed by atoms with E-state index < -0.39 is 0 Å². The fraction of sp³-hybridized carbons (Fsp3) is 0.167. The van der Waals surface area contributed by atoms with Crippen molar-refractivity contribution in [1.82, 2.24) is 10.4 Å². The molecule has 7 heteroatoms. The van der Waals surface area contributed by atoms with Gasteiger partial charge in [-0.3, -0.25) is 15.0 Å². The molecule has 1 aromatic heterocycles. The van der Waals surface area contributed by atoms with Gasteiger partial charge in [-0.1, -0.05) is 55.9 Å². The standard InChI is InChI=1S/C18H16N2O2S3/c1-11(2)13-7-5-12(6-8-13)10-15-17(22)20(18(23)25-15)19-16(21)14-4-3-9-24-14/h3-11H,1-2H3,(H,19,21)/b15-10-. The number of nitrogens with one attached hydrogen (secondary N) is 1. The molecular formula is C18H16N2O2S3. The Hall–Kier alpha value is -1.96. The van der Waals surface area contributed by atoms with Gasteiger partial charge in [-0.25, -0.2) is 0 Å². The highest BCUT2D eigenvalue weighted by Crippen LogP contribution is 2.31. The molecule has 0 aliphatic carbocycles. The van der Waals surface area contributed by atoms with Crippen LogP contribution in [0.5, 0.6) is 0 Å². The second-order valence-electron chi connectivity index (χ2n) is 5.76. The predicted molar refractivity (Wildman–Crippen MR) is 107 cm³/mol. The third-order valence-electron chi connectivity index (χ3n) is 3.65. The summed E-state index contributed by atoms with van der Waals surface area (Å²) in [5.74, 6) is -0.193. The number of amides is 2. The van der Waals surface area contributed by atoms with Crippen molar-refractivity contribution in [2.75, 3.05) is 0 Å². The summed E-state index contributed by atoms with van der Waals surface area (Å²) in [5.41, 5.74) is 4.74. The summed E-state index contributed by atoms with van der Waals surface area (Å²) in [5, 5.41) is 2.94. The van der Waals surface area contributed by atoms with Crippen LogP contribution in [0, 0.1) is 0 Å². The van der Waals surface area contributed by atoms with Gasteiger partial charge < -0.3 is 0 Å². The van der Waals surface area contributed by atoms with E-state index in [4.69, 9.17) is 12.2 Å². The number of nitrogens with zero attached hydrogens (tertiary/aromatic N) is 1. The zero-order chi connectivity index (χ0) is 18.0. The zero-order valence-corrected chi connectivity index (χ0v) is 16.1. The number of hydrazine groups is 1. The fourth-order valence-corrected chi connectivity index (χ4v) is 4.05. The molecule has 2 aromatic rings. The van der Waals surface area contributed by atoms with Crippen LogP contribution >= 0.6 is 35.3 Å². The topological polar surface area (TPSA) is 49.4 Å². The Kier molecular flexibility index (Phi) is 5.36. The number of thioether (sulfide) groups is 1. The van der Waals surface area contributed by atoms with Crippen molar-refractivity contribution >= 4 is 57.5 Å². The highest BCUT2D eigenvalue weighted by atomic mass is 32.2. The molecule has 1 aliphatic heterocycles. The van der Waals surface area contributed by atoms with Crippen molar-refractivity contribution in [3.8, 4) is 0 Å². The highest BCUT2D eigenvalue weighted by Gasteiger charge is 2.33. The molecule has 2 amide bonds. The molecule has 1 N–H and O–H groups in total. The van der Waals surface area contributed by atoms with Gasteiger partial charge in [0.25, 0.3) is 11.8 Å². The van der Waals surface area contributed by atoms with Crippen LogP contribution in [0.15, 0.2) is 46.7 Å². The third-order valence-corrected chi connectivity index (χ3v) is 5.82. The van der Waals surface area contributed by atoms with Gasteiger partial charge in [-0.15, -0.1) is 11.3 Å². The number of thiophene rings is 1. The van der Waals surface area contributed by atoms with Crippen molar-refractivity contribution in [2.24, 2.45) is 0 Å². The summed E-state index contributed by atoms with van der Waals surface area (Å²) < 4.78 is 0.319. The van der Waals surface area contributed by atoms with Gasteiger partial charge in [0, 0.05) is 0 Å². The summed E-state index contributed by atoms with van der Waals surface area (Å²) in [6.45, 7) is 4.27. The minimum atomic E-state index is -0.339. The van der Waals surface area contributed by atoms with E-state index in [0.29, 0.717) is 20.0 Å². The van der Waals surface area contributed by atoms with Gasteiger partial charge in [-0.2, -0.15) is 5.01 Å². The molecule has 0 bridgehead atoms. The normalized spacial score (nSPS) is 16.1. The van der Waals surface area contributed by atoms with E-state index in [-0.39, 0.29) is 11.8 Å². The van der Waals surface area contributed by atoms with Crippen molar-refractivity contribution in [3.63, 3.8) is 0 Å². The summed E-state index contributed by atoms with van der Waals surface area (Å²) in [6, 6.07) is 11.5. The maximum Gasteiger partial charge on any atom is 0.285 e. The quantitative estimate of drug-likeness (QED) is 0.622. The van der Waals surface area contributed by atoms with Crippen LogP contribution in [0.4, 0.5) is 0 Å². The summed E-state index contributed by atoms with van der Waals surface area (Å²) in [6.07, 6.45) is 1.79. The average molecular weight is 389 g/mol. The number of carbonyl (C=O) groups excluding carboxylic acids is 2. The molecule has 0 spiro atoms. The van der Waals surface area contributed by atoms with Crippen LogP contribution in [0.25, 0.3) is 6.08 Å². The first-order chi connectivity index (χ1) is 12.0. The van der Waals surface area contributed by atoms with E-state index in [1.54, 1.807) is 23.6 Å². The number of carbonyl (C=O) groups is 2. The predicted octanol–water partition coefficient (Wildman–Crippen LogP) is 4.42. The molecule has 0 saturated carbocycles. The van der Waals surface area contributed by atoms with Gasteiger partial charge in [0.1, 0.15) is 0 Å². The summed E-state index contributed by atoms with van der Waals surface area (Å²) in [4.78, 5) is 25.7. The van der Waals surface area contributed by atoms with Crippen molar-refractivity contribution in [2.45, 2.75) is 19.8 Å². The minimum absolute atomic E-state index is 0.312. The van der Waals surface area contributed by atoms with E-state index in [2.05, 4.69) is 31.4 Å². The summed E-state index contributed by atoms with van der Waals surface area (Å²) >= 11 is 7.72. The van der Waals surface area contributed by atoms with Gasteiger partial charge in [0.2, 0.25) is 0 Å². The van der Waals surface area contributed by atoms with Gasteiger partial charge in [-0.05, 0) is 46.8 Å². The van der Waals surface area contributed by atoms with Crippen LogP contribution in [0.1, 0.15) is 40.6 Å². The van der Waals surface area contributed by atoms with Gasteiger partial charge in [0.15, 0.2) is 4.32 Å². The number of rotatable bonds is 4. The van der Waals surface area contributed by atoms with E-state index in [1.165, 1.54) is 28.7 Å².